The van der Waals surface area contributed by atoms with Crippen molar-refractivity contribution < 1.29 is 27.8 Å². The first-order valence-corrected chi connectivity index (χ1v) is 14.4. The number of nitrogens with one attached hydrogen (secondary N) is 2. The van der Waals surface area contributed by atoms with Crippen LogP contribution in [0.25, 0.3) is 44.5 Å². The van der Waals surface area contributed by atoms with Gasteiger partial charge in [0.15, 0.2) is 0 Å². The molecule has 3 aromatic heterocycles. The number of halogens is 3. The predicted molar refractivity (Wildman–Crippen MR) is 167 cm³/mol. The Hall–Kier alpha value is -5.55. The second kappa shape index (κ2) is 12.8. The van der Waals surface area contributed by atoms with E-state index in [0.29, 0.717) is 5.56 Å². The molecule has 232 valence electrons. The number of carbonyl (C=O) groups excluding carboxylic acids is 1. The molecule has 0 amide bonds. The van der Waals surface area contributed by atoms with Crippen molar-refractivity contribution in [3.05, 3.63) is 121 Å². The minimum absolute atomic E-state index is 0.0586. The van der Waals surface area contributed by atoms with Crippen molar-refractivity contribution in [1.29, 1.82) is 0 Å². The van der Waals surface area contributed by atoms with Crippen molar-refractivity contribution in [2.24, 2.45) is 0 Å². The van der Waals surface area contributed by atoms with Crippen LogP contribution in [-0.4, -0.2) is 43.5 Å². The van der Waals surface area contributed by atoms with Gasteiger partial charge < -0.3 is 15.2 Å². The summed E-state index contributed by atoms with van der Waals surface area (Å²) in [6, 6.07) is 26.4. The number of aromatic nitrogens is 4. The summed E-state index contributed by atoms with van der Waals surface area (Å²) in [4.78, 5) is 21.4. The Morgan fingerprint density at radius 1 is 0.935 bits per heavy atom. The van der Waals surface area contributed by atoms with Crippen LogP contribution in [0.4, 0.5) is 13.2 Å². The van der Waals surface area contributed by atoms with Gasteiger partial charge in [0.05, 0.1) is 23.1 Å². The molecule has 0 radical (unpaired) electrons. The molecule has 8 nitrogen and oxygen atoms in total. The van der Waals surface area contributed by atoms with Gasteiger partial charge in [0.1, 0.15) is 11.9 Å². The third-order valence-corrected chi connectivity index (χ3v) is 7.60. The Bertz CT molecular complexity index is 1950. The maximum Gasteiger partial charge on any atom is 0.490 e. The second-order valence-electron chi connectivity index (χ2n) is 10.7. The zero-order valence-corrected chi connectivity index (χ0v) is 24.5. The lowest BCUT2D eigenvalue weighted by atomic mass is 9.96. The highest BCUT2D eigenvalue weighted by atomic mass is 19.4. The molecule has 11 heteroatoms. The van der Waals surface area contributed by atoms with Crippen LogP contribution in [0.2, 0.25) is 0 Å². The Morgan fingerprint density at radius 3 is 2.35 bits per heavy atom. The van der Waals surface area contributed by atoms with E-state index in [2.05, 4.69) is 26.6 Å². The minimum Gasteiger partial charge on any atom is -0.508 e. The van der Waals surface area contributed by atoms with E-state index in [-0.39, 0.29) is 12.3 Å². The number of H-pyrrole nitrogens is 1. The smallest absolute Gasteiger partial charge is 0.490 e. The second-order valence-corrected chi connectivity index (χ2v) is 10.7. The topological polar surface area (TPSA) is 113 Å². The number of aromatic hydroxyl groups is 1. The van der Waals surface area contributed by atoms with Gasteiger partial charge in [-0.2, -0.15) is 18.3 Å². The third-order valence-electron chi connectivity index (χ3n) is 7.60. The van der Waals surface area contributed by atoms with Gasteiger partial charge in [-0.05, 0) is 47.9 Å². The van der Waals surface area contributed by atoms with E-state index >= 15 is 0 Å². The number of nitrogens with zero attached hydrogens (tertiary/aromatic N) is 3. The third kappa shape index (κ3) is 6.59. The average molecular weight is 624 g/mol. The summed E-state index contributed by atoms with van der Waals surface area (Å²) in [5.41, 5.74) is 7.13. The van der Waals surface area contributed by atoms with E-state index in [1.807, 2.05) is 60.7 Å². The molecule has 0 aliphatic rings. The van der Waals surface area contributed by atoms with Gasteiger partial charge in [0, 0.05) is 47.1 Å². The van der Waals surface area contributed by atoms with E-state index < -0.39 is 24.3 Å². The normalized spacial score (nSPS) is 13.0. The molecule has 0 aliphatic carbocycles. The van der Waals surface area contributed by atoms with Crippen LogP contribution >= 0.6 is 0 Å². The van der Waals surface area contributed by atoms with E-state index in [0.717, 1.165) is 50.1 Å². The molecule has 0 spiro atoms. The number of phenols is 1. The lowest BCUT2D eigenvalue weighted by molar-refractivity contribution is -0.206. The van der Waals surface area contributed by atoms with E-state index in [4.69, 9.17) is 9.72 Å². The number of pyridine rings is 2. The van der Waals surface area contributed by atoms with Crippen LogP contribution in [-0.2, 0) is 16.1 Å². The number of ether oxygens (including phenoxy) is 1. The standard InChI is InChI=1S/C35H28F3N5O3/c1-21(33(46-34(45)35(36,37)38)25-11-13-27(44)14-12-25)40-18-22-7-9-24(10-8-22)32-28(23-5-3-2-4-6-23)17-29-30(43-32)15-16-39-31(29)26-19-41-42-20-26/h2-17,19-21,33,40,44H,18H2,1H3,(H,41,42)/t21-,33-/m0/s1. The van der Waals surface area contributed by atoms with Gasteiger partial charge in [0.2, 0.25) is 0 Å². The van der Waals surface area contributed by atoms with E-state index in [9.17, 15) is 23.1 Å². The number of esters is 1. The predicted octanol–water partition coefficient (Wildman–Crippen LogP) is 7.38. The summed E-state index contributed by atoms with van der Waals surface area (Å²) in [6.45, 7) is 1.92. The van der Waals surface area contributed by atoms with Crippen molar-refractivity contribution in [3.63, 3.8) is 0 Å². The van der Waals surface area contributed by atoms with Gasteiger partial charge in [-0.3, -0.25) is 10.1 Å². The zero-order chi connectivity index (χ0) is 32.3. The van der Waals surface area contributed by atoms with Crippen LogP contribution in [0.15, 0.2) is 110 Å². The summed E-state index contributed by atoms with van der Waals surface area (Å²) < 4.78 is 44.0. The Balaban J connectivity index is 1.27. The van der Waals surface area contributed by atoms with Crippen LogP contribution in [0.1, 0.15) is 24.2 Å². The van der Waals surface area contributed by atoms with Gasteiger partial charge in [-0.1, -0.05) is 66.7 Å². The largest absolute Gasteiger partial charge is 0.508 e. The summed E-state index contributed by atoms with van der Waals surface area (Å²) in [5.74, 6) is -2.34. The zero-order valence-electron chi connectivity index (χ0n) is 24.5. The molecule has 2 atom stereocenters. The highest BCUT2D eigenvalue weighted by molar-refractivity contribution is 5.98. The van der Waals surface area contributed by atoms with Crippen molar-refractivity contribution >= 4 is 16.9 Å². The van der Waals surface area contributed by atoms with Crippen LogP contribution in [0.3, 0.4) is 0 Å². The van der Waals surface area contributed by atoms with Crippen LogP contribution in [0.5, 0.6) is 5.75 Å². The molecule has 0 aliphatic heterocycles. The molecule has 3 N–H and O–H groups in total. The van der Waals surface area contributed by atoms with E-state index in [1.54, 1.807) is 25.5 Å². The average Bonchev–Trinajstić information content (AvgIpc) is 3.61. The van der Waals surface area contributed by atoms with Gasteiger partial charge in [-0.15, -0.1) is 0 Å². The molecule has 0 unspecified atom stereocenters. The SMILES string of the molecule is C[C@H](NCc1ccc(-c2nc3ccnc(-c4cn[nH]c4)c3cc2-c2ccccc2)cc1)[C@H](OC(=O)C(F)(F)F)c1ccc(O)cc1. The first kappa shape index (κ1) is 30.5. The minimum atomic E-state index is -5.14. The lowest BCUT2D eigenvalue weighted by Crippen LogP contribution is -2.37. The fourth-order valence-corrected chi connectivity index (χ4v) is 5.24. The number of benzene rings is 3. The number of fused-ring (bicyclic) bond motifs is 1. The Morgan fingerprint density at radius 2 is 1.67 bits per heavy atom. The first-order valence-electron chi connectivity index (χ1n) is 14.4. The fraction of sp³-hybridized carbons (Fsp3) is 0.143. The monoisotopic (exact) mass is 623 g/mol. The fourth-order valence-electron chi connectivity index (χ4n) is 5.24. The number of phenolic OH excluding ortho intramolecular Hbond substituents is 1. The van der Waals surface area contributed by atoms with Gasteiger partial charge >= 0.3 is 12.1 Å². The summed E-state index contributed by atoms with van der Waals surface area (Å²) >= 11 is 0. The first-order chi connectivity index (χ1) is 22.2. The molecule has 0 fully saturated rings. The maximum atomic E-state index is 13.0. The molecule has 0 bridgehead atoms. The number of aromatic amines is 1. The molecule has 3 heterocycles. The number of hydrogen-bond acceptors (Lipinski definition) is 7. The number of alkyl halides is 3. The summed E-state index contributed by atoms with van der Waals surface area (Å²) in [7, 11) is 0. The lowest BCUT2D eigenvalue weighted by Gasteiger charge is -2.26. The van der Waals surface area contributed by atoms with Crippen LogP contribution < -0.4 is 5.32 Å². The van der Waals surface area contributed by atoms with Crippen molar-refractivity contribution in [2.45, 2.75) is 31.8 Å². The molecule has 3 aromatic carbocycles. The number of rotatable bonds is 9. The highest BCUT2D eigenvalue weighted by Crippen LogP contribution is 2.36. The van der Waals surface area contributed by atoms with E-state index in [1.165, 1.54) is 24.3 Å². The van der Waals surface area contributed by atoms with Gasteiger partial charge in [-0.25, -0.2) is 9.78 Å². The number of carbonyl (C=O) groups is 1. The summed E-state index contributed by atoms with van der Waals surface area (Å²) in [6.07, 6.45) is -1.16. The quantitative estimate of drug-likeness (QED) is 0.144. The maximum absolute atomic E-state index is 13.0. The Kier molecular flexibility index (Phi) is 8.49. The molecule has 46 heavy (non-hydrogen) atoms. The molecule has 0 saturated heterocycles. The van der Waals surface area contributed by atoms with Crippen molar-refractivity contribution in [2.75, 3.05) is 0 Å². The molecular formula is C35H28F3N5O3. The van der Waals surface area contributed by atoms with Gasteiger partial charge in [0.25, 0.3) is 0 Å². The number of hydrogen-bond donors (Lipinski definition) is 3. The molecular weight excluding hydrogens is 595 g/mol. The highest BCUT2D eigenvalue weighted by Gasteiger charge is 2.43. The summed E-state index contributed by atoms with van der Waals surface area (Å²) in [5, 5.41) is 20.6. The van der Waals surface area contributed by atoms with Crippen LogP contribution in [0, 0.1) is 0 Å². The van der Waals surface area contributed by atoms with Crippen molar-refractivity contribution in [3.8, 4) is 39.4 Å². The van der Waals surface area contributed by atoms with Crippen molar-refractivity contribution in [1.82, 2.24) is 25.5 Å². The molecule has 6 aromatic rings. The molecule has 0 saturated carbocycles. The Labute approximate surface area is 261 Å². The molecule has 6 rings (SSSR count).